The third-order valence-electron chi connectivity index (χ3n) is 6.28. The highest BCUT2D eigenvalue weighted by Crippen LogP contribution is 2.40. The molecule has 2 fully saturated rings. The molecule has 30 heavy (non-hydrogen) atoms. The Morgan fingerprint density at radius 2 is 1.73 bits per heavy atom. The molecule has 0 spiro atoms. The zero-order valence-corrected chi connectivity index (χ0v) is 18.8. The zero-order valence-electron chi connectivity index (χ0n) is 18.0. The standard InChI is InChI=1S/C21H30FN5O2S/c1-20(2)14-27(28)21(3,4)13-17(20)29-19-18(23-30-24-19)26-11-9-25(10-12-26)16-8-6-5-7-15(16)22/h5-8,17,28H,9-14H2,1-4H3. The average molecular weight is 436 g/mol. The van der Waals surface area contributed by atoms with Gasteiger partial charge in [-0.25, -0.2) is 4.39 Å². The first-order chi connectivity index (χ1) is 14.2. The summed E-state index contributed by atoms with van der Waals surface area (Å²) in [5.74, 6) is 1.12. The van der Waals surface area contributed by atoms with E-state index in [1.165, 1.54) is 11.1 Å². The Morgan fingerprint density at radius 1 is 1.07 bits per heavy atom. The lowest BCUT2D eigenvalue weighted by Crippen LogP contribution is -2.59. The van der Waals surface area contributed by atoms with E-state index < -0.39 is 0 Å². The summed E-state index contributed by atoms with van der Waals surface area (Å²) < 4.78 is 29.4. The zero-order chi connectivity index (χ0) is 21.5. The molecule has 0 amide bonds. The van der Waals surface area contributed by atoms with E-state index in [1.807, 2.05) is 26.0 Å². The van der Waals surface area contributed by atoms with Gasteiger partial charge >= 0.3 is 0 Å². The molecule has 0 radical (unpaired) electrons. The maximum Gasteiger partial charge on any atom is 0.271 e. The number of hydroxylamine groups is 2. The smallest absolute Gasteiger partial charge is 0.271 e. The Balaban J connectivity index is 1.45. The van der Waals surface area contributed by atoms with Crippen LogP contribution < -0.4 is 14.5 Å². The van der Waals surface area contributed by atoms with Gasteiger partial charge in [-0.1, -0.05) is 26.0 Å². The number of piperazine rings is 1. The van der Waals surface area contributed by atoms with Crippen molar-refractivity contribution in [2.45, 2.75) is 45.8 Å². The van der Waals surface area contributed by atoms with Crippen molar-refractivity contribution in [3.63, 3.8) is 0 Å². The van der Waals surface area contributed by atoms with Crippen molar-refractivity contribution < 1.29 is 14.3 Å². The summed E-state index contributed by atoms with van der Waals surface area (Å²) in [7, 11) is 0. The summed E-state index contributed by atoms with van der Waals surface area (Å²) in [6.07, 6.45) is 0.604. The van der Waals surface area contributed by atoms with E-state index in [9.17, 15) is 9.60 Å². The van der Waals surface area contributed by atoms with Crippen LogP contribution in [0.5, 0.6) is 5.88 Å². The first kappa shape index (κ1) is 21.3. The van der Waals surface area contributed by atoms with Gasteiger partial charge in [0.15, 0.2) is 0 Å². The molecular weight excluding hydrogens is 405 g/mol. The van der Waals surface area contributed by atoms with Gasteiger partial charge in [0.25, 0.3) is 5.88 Å². The summed E-state index contributed by atoms with van der Waals surface area (Å²) in [4.78, 5) is 4.23. The van der Waals surface area contributed by atoms with Crippen LogP contribution in [-0.4, -0.2) is 63.4 Å². The number of aromatic nitrogens is 2. The lowest BCUT2D eigenvalue weighted by atomic mass is 9.75. The van der Waals surface area contributed by atoms with Gasteiger partial charge in [-0.3, -0.25) is 0 Å². The van der Waals surface area contributed by atoms with E-state index in [0.717, 1.165) is 30.6 Å². The van der Waals surface area contributed by atoms with Gasteiger partial charge in [0.1, 0.15) is 11.9 Å². The van der Waals surface area contributed by atoms with E-state index >= 15 is 0 Å². The lowest BCUT2D eigenvalue weighted by Gasteiger charge is -2.49. The van der Waals surface area contributed by atoms with Crippen molar-refractivity contribution in [1.82, 2.24) is 13.8 Å². The van der Waals surface area contributed by atoms with Crippen LogP contribution in [0.3, 0.4) is 0 Å². The Hall–Kier alpha value is -1.97. The van der Waals surface area contributed by atoms with Gasteiger partial charge in [-0.15, -0.1) is 4.37 Å². The van der Waals surface area contributed by atoms with Crippen LogP contribution >= 0.6 is 11.7 Å². The normalized spacial score (nSPS) is 24.1. The maximum absolute atomic E-state index is 14.1. The SMILES string of the molecule is CC1(C)CN(O)C(C)(C)CC1Oc1nsnc1N1CCN(c2ccccc2F)CC1. The first-order valence-corrected chi connectivity index (χ1v) is 11.1. The predicted molar refractivity (Wildman–Crippen MR) is 116 cm³/mol. The number of ether oxygens (including phenoxy) is 1. The van der Waals surface area contributed by atoms with Crippen LogP contribution in [0.2, 0.25) is 0 Å². The molecule has 1 aromatic carbocycles. The van der Waals surface area contributed by atoms with Gasteiger partial charge in [0.2, 0.25) is 5.82 Å². The topological polar surface area (TPSA) is 65.0 Å². The summed E-state index contributed by atoms with van der Waals surface area (Å²) >= 11 is 1.15. The van der Waals surface area contributed by atoms with E-state index in [4.69, 9.17) is 4.74 Å². The molecule has 0 bridgehead atoms. The number of anilines is 2. The van der Waals surface area contributed by atoms with E-state index in [2.05, 4.69) is 32.4 Å². The molecule has 2 aliphatic rings. The number of hydrogen-bond acceptors (Lipinski definition) is 8. The van der Waals surface area contributed by atoms with Gasteiger partial charge in [-0.05, 0) is 26.0 Å². The fourth-order valence-corrected chi connectivity index (χ4v) is 4.69. The van der Waals surface area contributed by atoms with Crippen molar-refractivity contribution in [3.05, 3.63) is 30.1 Å². The van der Waals surface area contributed by atoms with Crippen molar-refractivity contribution in [1.29, 1.82) is 0 Å². The largest absolute Gasteiger partial charge is 0.470 e. The number of hydrogen-bond donors (Lipinski definition) is 1. The third kappa shape index (κ3) is 4.10. The number of para-hydroxylation sites is 1. The molecule has 1 N–H and O–H groups in total. The fourth-order valence-electron chi connectivity index (χ4n) is 4.18. The molecule has 9 heteroatoms. The number of piperidine rings is 1. The second-order valence-corrected chi connectivity index (χ2v) is 10.0. The third-order valence-corrected chi connectivity index (χ3v) is 6.78. The van der Waals surface area contributed by atoms with Crippen LogP contribution in [0.15, 0.2) is 24.3 Å². The summed E-state index contributed by atoms with van der Waals surface area (Å²) in [6, 6.07) is 6.89. The van der Waals surface area contributed by atoms with Gasteiger partial charge in [-0.2, -0.15) is 9.44 Å². The molecule has 0 aliphatic carbocycles. The van der Waals surface area contributed by atoms with Crippen molar-refractivity contribution in [2.75, 3.05) is 42.5 Å². The van der Waals surface area contributed by atoms with Crippen molar-refractivity contribution in [3.8, 4) is 5.88 Å². The Bertz CT molecular complexity index is 882. The van der Waals surface area contributed by atoms with Crippen LogP contribution in [-0.2, 0) is 0 Å². The molecule has 3 heterocycles. The minimum Gasteiger partial charge on any atom is -0.470 e. The van der Waals surface area contributed by atoms with Crippen LogP contribution in [0.4, 0.5) is 15.9 Å². The van der Waals surface area contributed by atoms with Gasteiger partial charge in [0, 0.05) is 50.1 Å². The van der Waals surface area contributed by atoms with Crippen LogP contribution in [0, 0.1) is 11.2 Å². The molecule has 1 atom stereocenters. The first-order valence-electron chi connectivity index (χ1n) is 10.4. The van der Waals surface area contributed by atoms with Crippen LogP contribution in [0.25, 0.3) is 0 Å². The van der Waals surface area contributed by atoms with Gasteiger partial charge in [0.05, 0.1) is 17.4 Å². The van der Waals surface area contributed by atoms with E-state index in [1.54, 1.807) is 6.07 Å². The molecule has 4 rings (SSSR count). The Labute approximate surface area is 181 Å². The second-order valence-electron chi connectivity index (χ2n) is 9.49. The fraction of sp³-hybridized carbons (Fsp3) is 0.619. The van der Waals surface area contributed by atoms with Crippen LogP contribution in [0.1, 0.15) is 34.1 Å². The monoisotopic (exact) mass is 435 g/mol. The highest BCUT2D eigenvalue weighted by Gasteiger charge is 2.46. The average Bonchev–Trinajstić information content (AvgIpc) is 3.15. The highest BCUT2D eigenvalue weighted by atomic mass is 32.1. The molecule has 7 nitrogen and oxygen atoms in total. The summed E-state index contributed by atoms with van der Waals surface area (Å²) in [6.45, 7) is 11.6. The number of rotatable bonds is 4. The molecule has 2 saturated heterocycles. The summed E-state index contributed by atoms with van der Waals surface area (Å²) in [5, 5.41) is 11.7. The minimum atomic E-state index is -0.366. The minimum absolute atomic E-state index is 0.0850. The maximum atomic E-state index is 14.1. The molecule has 0 saturated carbocycles. The molecule has 2 aliphatic heterocycles. The molecule has 1 unspecified atom stereocenters. The number of nitrogens with zero attached hydrogens (tertiary/aromatic N) is 5. The summed E-state index contributed by atoms with van der Waals surface area (Å²) in [5.41, 5.74) is 0.0499. The van der Waals surface area contributed by atoms with Crippen molar-refractivity contribution >= 4 is 23.2 Å². The Morgan fingerprint density at radius 3 is 2.43 bits per heavy atom. The second kappa shape index (κ2) is 7.94. The Kier molecular flexibility index (Phi) is 5.63. The van der Waals surface area contributed by atoms with Gasteiger partial charge < -0.3 is 19.7 Å². The van der Waals surface area contributed by atoms with E-state index in [0.29, 0.717) is 37.6 Å². The number of halogens is 1. The lowest BCUT2D eigenvalue weighted by molar-refractivity contribution is -0.224. The quantitative estimate of drug-likeness (QED) is 0.786. The van der Waals surface area contributed by atoms with Crippen molar-refractivity contribution in [2.24, 2.45) is 5.41 Å². The molecule has 2 aromatic rings. The predicted octanol–water partition coefficient (Wildman–Crippen LogP) is 3.65. The number of benzene rings is 1. The highest BCUT2D eigenvalue weighted by molar-refractivity contribution is 6.99. The molecule has 164 valence electrons. The molecule has 1 aromatic heterocycles. The molecular formula is C21H30FN5O2S. The van der Waals surface area contributed by atoms with E-state index in [-0.39, 0.29) is 22.9 Å².